The normalized spacial score (nSPS) is 14.5. The second kappa shape index (κ2) is 6.74. The SMILES string of the molecule is OC[C@H](Cc1ccccc1)NCc1ccc2c(c1)CCO2. The molecule has 0 saturated heterocycles. The summed E-state index contributed by atoms with van der Waals surface area (Å²) in [7, 11) is 0. The molecular formula is C18H21NO2. The molecule has 3 rings (SSSR count). The van der Waals surface area contributed by atoms with Gasteiger partial charge in [-0.2, -0.15) is 0 Å². The third-order valence-corrected chi connectivity index (χ3v) is 3.89. The molecular weight excluding hydrogens is 262 g/mol. The van der Waals surface area contributed by atoms with Crippen molar-refractivity contribution in [3.05, 3.63) is 65.2 Å². The third kappa shape index (κ3) is 3.63. The molecule has 0 amide bonds. The highest BCUT2D eigenvalue weighted by molar-refractivity contribution is 5.39. The highest BCUT2D eigenvalue weighted by Crippen LogP contribution is 2.25. The van der Waals surface area contributed by atoms with Crippen molar-refractivity contribution in [2.75, 3.05) is 13.2 Å². The first-order valence-corrected chi connectivity index (χ1v) is 7.48. The van der Waals surface area contributed by atoms with Gasteiger partial charge in [0.2, 0.25) is 0 Å². The van der Waals surface area contributed by atoms with Gasteiger partial charge in [-0.1, -0.05) is 42.5 Å². The lowest BCUT2D eigenvalue weighted by Gasteiger charge is -2.16. The molecule has 3 heteroatoms. The largest absolute Gasteiger partial charge is 0.493 e. The van der Waals surface area contributed by atoms with E-state index in [1.165, 1.54) is 16.7 Å². The number of aliphatic hydroxyl groups excluding tert-OH is 1. The second-order valence-electron chi connectivity index (χ2n) is 5.49. The van der Waals surface area contributed by atoms with Crippen LogP contribution in [-0.4, -0.2) is 24.4 Å². The summed E-state index contributed by atoms with van der Waals surface area (Å²) in [6.07, 6.45) is 1.84. The maximum Gasteiger partial charge on any atom is 0.122 e. The standard InChI is InChI=1S/C18H21NO2/c20-13-17(11-14-4-2-1-3-5-14)19-12-15-6-7-18-16(10-15)8-9-21-18/h1-7,10,17,19-20H,8-9,11-13H2/t17-/m0/s1. The molecule has 1 atom stereocenters. The fourth-order valence-electron chi connectivity index (χ4n) is 2.71. The van der Waals surface area contributed by atoms with E-state index in [-0.39, 0.29) is 12.6 Å². The molecule has 21 heavy (non-hydrogen) atoms. The molecule has 110 valence electrons. The smallest absolute Gasteiger partial charge is 0.122 e. The first-order valence-electron chi connectivity index (χ1n) is 7.48. The van der Waals surface area contributed by atoms with Crippen molar-refractivity contribution in [2.45, 2.75) is 25.4 Å². The summed E-state index contributed by atoms with van der Waals surface area (Å²) in [4.78, 5) is 0. The Morgan fingerprint density at radius 2 is 1.95 bits per heavy atom. The average molecular weight is 283 g/mol. The fraction of sp³-hybridized carbons (Fsp3) is 0.333. The zero-order valence-electron chi connectivity index (χ0n) is 12.1. The number of rotatable bonds is 6. The minimum absolute atomic E-state index is 0.0805. The highest BCUT2D eigenvalue weighted by atomic mass is 16.5. The molecule has 0 aliphatic carbocycles. The summed E-state index contributed by atoms with van der Waals surface area (Å²) in [5.74, 6) is 1.02. The van der Waals surface area contributed by atoms with Crippen LogP contribution in [0.1, 0.15) is 16.7 Å². The van der Waals surface area contributed by atoms with Gasteiger partial charge in [0, 0.05) is 19.0 Å². The van der Waals surface area contributed by atoms with Gasteiger partial charge in [-0.25, -0.2) is 0 Å². The molecule has 2 N–H and O–H groups in total. The summed E-state index contributed by atoms with van der Waals surface area (Å²) in [5.41, 5.74) is 3.77. The van der Waals surface area contributed by atoms with E-state index in [1.54, 1.807) is 0 Å². The molecule has 0 bridgehead atoms. The van der Waals surface area contributed by atoms with Crippen LogP contribution < -0.4 is 10.1 Å². The molecule has 3 nitrogen and oxygen atoms in total. The predicted octanol–water partition coefficient (Wildman–Crippen LogP) is 2.31. The summed E-state index contributed by atoms with van der Waals surface area (Å²) in [6.45, 7) is 1.70. The van der Waals surface area contributed by atoms with Gasteiger partial charge in [-0.15, -0.1) is 0 Å². The van der Waals surface area contributed by atoms with Crippen LogP contribution in [0.25, 0.3) is 0 Å². The lowest BCUT2D eigenvalue weighted by molar-refractivity contribution is 0.241. The van der Waals surface area contributed by atoms with Crippen LogP contribution in [0.3, 0.4) is 0 Å². The van der Waals surface area contributed by atoms with Crippen molar-refractivity contribution in [1.29, 1.82) is 0 Å². The number of aliphatic hydroxyl groups is 1. The Kier molecular flexibility index (Phi) is 4.53. The minimum atomic E-state index is 0.0805. The van der Waals surface area contributed by atoms with Crippen molar-refractivity contribution in [3.8, 4) is 5.75 Å². The number of ether oxygens (including phenoxy) is 1. The first kappa shape index (κ1) is 14.1. The Morgan fingerprint density at radius 1 is 1.10 bits per heavy atom. The Morgan fingerprint density at radius 3 is 2.76 bits per heavy atom. The summed E-state index contributed by atoms with van der Waals surface area (Å²) < 4.78 is 5.52. The van der Waals surface area contributed by atoms with Crippen molar-refractivity contribution in [2.24, 2.45) is 0 Å². The zero-order chi connectivity index (χ0) is 14.5. The predicted molar refractivity (Wildman–Crippen MR) is 83.5 cm³/mol. The van der Waals surface area contributed by atoms with Gasteiger partial charge in [-0.05, 0) is 29.2 Å². The lowest BCUT2D eigenvalue weighted by Crippen LogP contribution is -2.34. The van der Waals surface area contributed by atoms with Gasteiger partial charge in [0.25, 0.3) is 0 Å². The Balaban J connectivity index is 1.58. The van der Waals surface area contributed by atoms with Gasteiger partial charge >= 0.3 is 0 Å². The first-order chi connectivity index (χ1) is 10.3. The topological polar surface area (TPSA) is 41.5 Å². The quantitative estimate of drug-likeness (QED) is 0.855. The van der Waals surface area contributed by atoms with E-state index < -0.39 is 0 Å². The van der Waals surface area contributed by atoms with Crippen LogP contribution in [0.2, 0.25) is 0 Å². The second-order valence-corrected chi connectivity index (χ2v) is 5.49. The molecule has 1 aliphatic rings. The Labute approximate surface area is 125 Å². The van der Waals surface area contributed by atoms with Gasteiger partial charge in [0.05, 0.1) is 13.2 Å². The molecule has 1 aliphatic heterocycles. The minimum Gasteiger partial charge on any atom is -0.493 e. The van der Waals surface area contributed by atoms with Crippen LogP contribution in [0.5, 0.6) is 5.75 Å². The third-order valence-electron chi connectivity index (χ3n) is 3.89. The Hall–Kier alpha value is -1.84. The number of fused-ring (bicyclic) bond motifs is 1. The van der Waals surface area contributed by atoms with Crippen molar-refractivity contribution < 1.29 is 9.84 Å². The van der Waals surface area contributed by atoms with Crippen LogP contribution >= 0.6 is 0 Å². The number of hydrogen-bond donors (Lipinski definition) is 2. The monoisotopic (exact) mass is 283 g/mol. The van der Waals surface area contributed by atoms with Crippen LogP contribution in [-0.2, 0) is 19.4 Å². The summed E-state index contributed by atoms with van der Waals surface area (Å²) in [6, 6.07) is 16.7. The van der Waals surface area contributed by atoms with Gasteiger partial charge in [-0.3, -0.25) is 0 Å². The number of benzene rings is 2. The number of nitrogens with one attached hydrogen (secondary N) is 1. The fourth-order valence-corrected chi connectivity index (χ4v) is 2.71. The molecule has 1 heterocycles. The summed E-state index contributed by atoms with van der Waals surface area (Å²) >= 11 is 0. The lowest BCUT2D eigenvalue weighted by atomic mass is 10.1. The van der Waals surface area contributed by atoms with E-state index >= 15 is 0 Å². The maximum atomic E-state index is 9.54. The molecule has 0 aromatic heterocycles. The average Bonchev–Trinajstić information content (AvgIpc) is 3.00. The van der Waals surface area contributed by atoms with Crippen molar-refractivity contribution in [3.63, 3.8) is 0 Å². The molecule has 2 aromatic carbocycles. The molecule has 2 aromatic rings. The van der Waals surface area contributed by atoms with Crippen LogP contribution in [0, 0.1) is 0 Å². The van der Waals surface area contributed by atoms with E-state index in [4.69, 9.17) is 4.74 Å². The zero-order valence-corrected chi connectivity index (χ0v) is 12.1. The van der Waals surface area contributed by atoms with Crippen molar-refractivity contribution in [1.82, 2.24) is 5.32 Å². The molecule has 0 unspecified atom stereocenters. The van der Waals surface area contributed by atoms with E-state index in [0.717, 1.165) is 31.7 Å². The van der Waals surface area contributed by atoms with Gasteiger partial charge in [0.15, 0.2) is 0 Å². The van der Waals surface area contributed by atoms with E-state index in [1.807, 2.05) is 24.3 Å². The van der Waals surface area contributed by atoms with Crippen LogP contribution in [0.15, 0.2) is 48.5 Å². The van der Waals surface area contributed by atoms with E-state index in [2.05, 4.69) is 29.6 Å². The van der Waals surface area contributed by atoms with E-state index in [9.17, 15) is 5.11 Å². The maximum absolute atomic E-state index is 9.54. The summed E-state index contributed by atoms with van der Waals surface area (Å²) in [5, 5.41) is 13.0. The van der Waals surface area contributed by atoms with E-state index in [0.29, 0.717) is 0 Å². The Bertz CT molecular complexity index is 583. The van der Waals surface area contributed by atoms with Gasteiger partial charge in [0.1, 0.15) is 5.75 Å². The molecule has 0 radical (unpaired) electrons. The van der Waals surface area contributed by atoms with Crippen molar-refractivity contribution >= 4 is 0 Å². The molecule has 0 saturated carbocycles. The van der Waals surface area contributed by atoms with Gasteiger partial charge < -0.3 is 15.2 Å². The number of hydrogen-bond acceptors (Lipinski definition) is 3. The molecule has 0 fully saturated rings. The highest BCUT2D eigenvalue weighted by Gasteiger charge is 2.13. The van der Waals surface area contributed by atoms with Crippen LogP contribution in [0.4, 0.5) is 0 Å². The molecule has 0 spiro atoms.